The van der Waals surface area contributed by atoms with Crippen LogP contribution in [0.15, 0.2) is 53.6 Å². The van der Waals surface area contributed by atoms with Crippen molar-refractivity contribution in [2.45, 2.75) is 20.0 Å². The lowest BCUT2D eigenvalue weighted by atomic mass is 10.2. The Labute approximate surface area is 210 Å². The summed E-state index contributed by atoms with van der Waals surface area (Å²) in [4.78, 5) is 12.4. The fraction of sp³-hybridized carbons (Fsp3) is 0.217. The van der Waals surface area contributed by atoms with Crippen LogP contribution in [0.4, 0.5) is 23.2 Å². The lowest BCUT2D eigenvalue weighted by Crippen LogP contribution is -2.39. The van der Waals surface area contributed by atoms with E-state index in [4.69, 9.17) is 11.6 Å². The molecule has 0 saturated carbocycles. The monoisotopic (exact) mass is 544 g/mol. The Kier molecular flexibility index (Phi) is 7.79. The molecule has 0 radical (unpaired) electrons. The SMILES string of the molecule is Cc1cc(/C=N\NC(=O)CN(c2ccc(Cl)c(C(F)(F)F)c2)S(C)(=O)=O)c(C)n1-c1ccccc1F. The predicted molar refractivity (Wildman–Crippen MR) is 130 cm³/mol. The molecule has 3 rings (SSSR count). The number of halogens is 5. The third-order valence-electron chi connectivity index (χ3n) is 5.19. The van der Waals surface area contributed by atoms with E-state index in [1.165, 1.54) is 12.3 Å². The summed E-state index contributed by atoms with van der Waals surface area (Å²) < 4.78 is 80.4. The zero-order chi connectivity index (χ0) is 26.8. The molecule has 0 atom stereocenters. The predicted octanol–water partition coefficient (Wildman–Crippen LogP) is 4.82. The van der Waals surface area contributed by atoms with Gasteiger partial charge in [-0.05, 0) is 50.2 Å². The highest BCUT2D eigenvalue weighted by Crippen LogP contribution is 2.37. The first-order chi connectivity index (χ1) is 16.7. The molecule has 0 fully saturated rings. The van der Waals surface area contributed by atoms with Gasteiger partial charge in [0.2, 0.25) is 10.0 Å². The molecule has 1 N–H and O–H groups in total. The largest absolute Gasteiger partial charge is 0.417 e. The average Bonchev–Trinajstić information content (AvgIpc) is 3.04. The molecule has 3 aromatic rings. The van der Waals surface area contributed by atoms with Gasteiger partial charge in [0.1, 0.15) is 12.4 Å². The van der Waals surface area contributed by atoms with Crippen LogP contribution in [0.1, 0.15) is 22.5 Å². The van der Waals surface area contributed by atoms with E-state index < -0.39 is 45.1 Å². The van der Waals surface area contributed by atoms with Crippen molar-refractivity contribution in [3.63, 3.8) is 0 Å². The highest BCUT2D eigenvalue weighted by Gasteiger charge is 2.34. The fourth-order valence-electron chi connectivity index (χ4n) is 3.55. The lowest BCUT2D eigenvalue weighted by molar-refractivity contribution is -0.137. The first kappa shape index (κ1) is 27.2. The third-order valence-corrected chi connectivity index (χ3v) is 6.66. The molecule has 36 heavy (non-hydrogen) atoms. The number of aromatic nitrogens is 1. The third kappa shape index (κ3) is 6.05. The summed E-state index contributed by atoms with van der Waals surface area (Å²) in [5.74, 6) is -1.32. The van der Waals surface area contributed by atoms with Crippen molar-refractivity contribution in [3.8, 4) is 5.69 Å². The van der Waals surface area contributed by atoms with Crippen LogP contribution in [0.5, 0.6) is 0 Å². The zero-order valence-electron chi connectivity index (χ0n) is 19.3. The second-order valence-electron chi connectivity index (χ2n) is 7.84. The Morgan fingerprint density at radius 1 is 1.17 bits per heavy atom. The molecule has 192 valence electrons. The summed E-state index contributed by atoms with van der Waals surface area (Å²) in [6, 6.07) is 10.4. The maximum Gasteiger partial charge on any atom is 0.417 e. The smallest absolute Gasteiger partial charge is 0.315 e. The van der Waals surface area contributed by atoms with E-state index in [1.54, 1.807) is 42.7 Å². The fourth-order valence-corrected chi connectivity index (χ4v) is 4.62. The number of sulfonamides is 1. The van der Waals surface area contributed by atoms with Gasteiger partial charge in [-0.1, -0.05) is 23.7 Å². The molecule has 1 heterocycles. The first-order valence-corrected chi connectivity index (χ1v) is 12.5. The summed E-state index contributed by atoms with van der Waals surface area (Å²) in [7, 11) is -4.14. The number of rotatable bonds is 7. The van der Waals surface area contributed by atoms with Gasteiger partial charge in [-0.2, -0.15) is 18.3 Å². The summed E-state index contributed by atoms with van der Waals surface area (Å²) in [5.41, 5.74) is 2.77. The van der Waals surface area contributed by atoms with Crippen molar-refractivity contribution in [1.29, 1.82) is 0 Å². The van der Waals surface area contributed by atoms with E-state index in [0.29, 0.717) is 33.0 Å². The molecule has 13 heteroatoms. The van der Waals surface area contributed by atoms with E-state index in [2.05, 4.69) is 10.5 Å². The van der Waals surface area contributed by atoms with E-state index in [0.717, 1.165) is 18.4 Å². The number of amides is 1. The zero-order valence-corrected chi connectivity index (χ0v) is 20.8. The molecule has 0 aliphatic rings. The second-order valence-corrected chi connectivity index (χ2v) is 10.2. The number of para-hydroxylation sites is 1. The van der Waals surface area contributed by atoms with Crippen molar-refractivity contribution in [2.24, 2.45) is 5.10 Å². The number of nitrogens with zero attached hydrogens (tertiary/aromatic N) is 3. The van der Waals surface area contributed by atoms with E-state index in [1.807, 2.05) is 0 Å². The van der Waals surface area contributed by atoms with E-state index >= 15 is 0 Å². The molecule has 0 saturated heterocycles. The van der Waals surface area contributed by atoms with Crippen LogP contribution < -0.4 is 9.73 Å². The van der Waals surface area contributed by atoms with Gasteiger partial charge >= 0.3 is 6.18 Å². The number of aryl methyl sites for hydroxylation is 1. The quantitative estimate of drug-likeness (QED) is 0.263. The average molecular weight is 545 g/mol. The Morgan fingerprint density at radius 3 is 2.44 bits per heavy atom. The summed E-state index contributed by atoms with van der Waals surface area (Å²) in [6.07, 6.45) is -2.77. The van der Waals surface area contributed by atoms with Gasteiger partial charge in [0, 0.05) is 17.0 Å². The molecule has 7 nitrogen and oxygen atoms in total. The molecule has 0 bridgehead atoms. The van der Waals surface area contributed by atoms with Crippen molar-refractivity contribution < 1.29 is 30.8 Å². The van der Waals surface area contributed by atoms with Crippen LogP contribution in [-0.2, 0) is 21.0 Å². The number of hydrogen-bond acceptors (Lipinski definition) is 4. The van der Waals surface area contributed by atoms with Crippen LogP contribution in [0.25, 0.3) is 5.69 Å². The van der Waals surface area contributed by atoms with Gasteiger partial charge in [0.05, 0.1) is 34.4 Å². The Bertz CT molecular complexity index is 1440. The molecule has 1 amide bonds. The summed E-state index contributed by atoms with van der Waals surface area (Å²) >= 11 is 5.60. The highest BCUT2D eigenvalue weighted by atomic mass is 35.5. The molecule has 1 aromatic heterocycles. The van der Waals surface area contributed by atoms with Gasteiger partial charge in [-0.3, -0.25) is 9.10 Å². The van der Waals surface area contributed by atoms with E-state index in [9.17, 15) is 30.8 Å². The van der Waals surface area contributed by atoms with Gasteiger partial charge in [-0.25, -0.2) is 18.2 Å². The molecular weight excluding hydrogens is 524 g/mol. The maximum absolute atomic E-state index is 14.2. The Morgan fingerprint density at radius 2 is 1.83 bits per heavy atom. The van der Waals surface area contributed by atoms with Crippen LogP contribution in [0.3, 0.4) is 0 Å². The first-order valence-electron chi connectivity index (χ1n) is 10.3. The molecular formula is C23H21ClF4N4O3S. The van der Waals surface area contributed by atoms with Crippen LogP contribution in [0, 0.1) is 19.7 Å². The van der Waals surface area contributed by atoms with E-state index in [-0.39, 0.29) is 5.69 Å². The molecule has 0 spiro atoms. The number of hydrogen-bond donors (Lipinski definition) is 1. The van der Waals surface area contributed by atoms with Crippen molar-refractivity contribution in [3.05, 3.63) is 81.9 Å². The minimum atomic E-state index is -4.82. The Balaban J connectivity index is 1.80. The number of carbonyl (C=O) groups is 1. The standard InChI is InChI=1S/C23H21ClF4N4O3S/c1-14-10-16(15(2)32(14)21-7-5-4-6-20(21)25)12-29-30-22(33)13-31(36(3,34)35)17-8-9-19(24)18(11-17)23(26,27)28/h4-12H,13H2,1-3H3,(H,30,33)/b29-12-. The second kappa shape index (κ2) is 10.3. The van der Waals surface area contributed by atoms with Crippen LogP contribution in [0.2, 0.25) is 5.02 Å². The summed E-state index contributed by atoms with van der Waals surface area (Å²) in [6.45, 7) is 2.66. The number of nitrogens with one attached hydrogen (secondary N) is 1. The highest BCUT2D eigenvalue weighted by molar-refractivity contribution is 7.92. The number of alkyl halides is 3. The number of carbonyl (C=O) groups excluding carboxylic acids is 1. The molecule has 0 unspecified atom stereocenters. The maximum atomic E-state index is 14.2. The van der Waals surface area contributed by atoms with Crippen molar-refractivity contribution in [2.75, 3.05) is 17.1 Å². The van der Waals surface area contributed by atoms with Crippen LogP contribution >= 0.6 is 11.6 Å². The summed E-state index contributed by atoms with van der Waals surface area (Å²) in [5, 5.41) is 3.21. The normalized spacial score (nSPS) is 12.2. The number of benzene rings is 2. The minimum Gasteiger partial charge on any atom is -0.315 e. The molecule has 0 aliphatic heterocycles. The van der Waals surface area contributed by atoms with Crippen molar-refractivity contribution in [1.82, 2.24) is 9.99 Å². The number of hydrazone groups is 1. The van der Waals surface area contributed by atoms with Crippen molar-refractivity contribution >= 4 is 39.4 Å². The minimum absolute atomic E-state index is 0.334. The number of anilines is 1. The van der Waals surface area contributed by atoms with Gasteiger partial charge in [0.25, 0.3) is 5.91 Å². The molecule has 2 aromatic carbocycles. The van der Waals surface area contributed by atoms with Gasteiger partial charge in [0.15, 0.2) is 0 Å². The van der Waals surface area contributed by atoms with Gasteiger partial charge in [-0.15, -0.1) is 0 Å². The van der Waals surface area contributed by atoms with Crippen LogP contribution in [-0.4, -0.2) is 37.9 Å². The molecule has 0 aliphatic carbocycles. The van der Waals surface area contributed by atoms with Gasteiger partial charge < -0.3 is 4.57 Å². The topological polar surface area (TPSA) is 83.8 Å². The lowest BCUT2D eigenvalue weighted by Gasteiger charge is -2.22. The Hall–Kier alpha value is -3.38.